The molecule has 0 aromatic heterocycles. The molecule has 1 aliphatic heterocycles. The van der Waals surface area contributed by atoms with Crippen molar-refractivity contribution < 1.29 is 19.5 Å². The molecule has 1 fully saturated rings. The van der Waals surface area contributed by atoms with E-state index in [2.05, 4.69) is 16.0 Å². The van der Waals surface area contributed by atoms with Gasteiger partial charge in [0.25, 0.3) is 5.91 Å². The highest BCUT2D eigenvalue weighted by atomic mass is 32.2. The van der Waals surface area contributed by atoms with Gasteiger partial charge in [-0.3, -0.25) is 9.59 Å². The first-order chi connectivity index (χ1) is 22.1. The number of nitrogens with zero attached hydrogens (tertiary/aromatic N) is 1. The summed E-state index contributed by atoms with van der Waals surface area (Å²) in [5, 5.41) is 20.4. The van der Waals surface area contributed by atoms with E-state index in [1.54, 1.807) is 6.07 Å². The van der Waals surface area contributed by atoms with Gasteiger partial charge < -0.3 is 26.0 Å². The number of aliphatic hydroxyl groups excluding tert-OH is 1. The first-order valence-corrected chi connectivity index (χ1v) is 16.3. The predicted octanol–water partition coefficient (Wildman–Crippen LogP) is 5.75. The Morgan fingerprint density at radius 2 is 1.52 bits per heavy atom. The number of rotatable bonds is 10. The lowest BCUT2D eigenvalue weighted by molar-refractivity contribution is -0.147. The molecule has 4 amide bonds. The van der Waals surface area contributed by atoms with Crippen molar-refractivity contribution in [3.05, 3.63) is 126 Å². The fraction of sp³-hybridized carbons (Fsp3) is 0.270. The molecular formula is C37H40N4O4S. The number of hydrogen-bond acceptors (Lipinski definition) is 5. The first-order valence-electron chi connectivity index (χ1n) is 15.3. The van der Waals surface area contributed by atoms with Gasteiger partial charge in [0.1, 0.15) is 6.04 Å². The van der Waals surface area contributed by atoms with Gasteiger partial charge in [-0.2, -0.15) is 0 Å². The van der Waals surface area contributed by atoms with Crippen molar-refractivity contribution in [1.29, 1.82) is 0 Å². The average Bonchev–Trinajstić information content (AvgIpc) is 3.39. The Labute approximate surface area is 274 Å². The quantitative estimate of drug-likeness (QED) is 0.177. The highest BCUT2D eigenvalue weighted by molar-refractivity contribution is 8.00. The largest absolute Gasteiger partial charge is 0.381 e. The molecule has 1 heterocycles. The van der Waals surface area contributed by atoms with Crippen LogP contribution in [0.15, 0.2) is 109 Å². The van der Waals surface area contributed by atoms with Crippen LogP contribution >= 0.6 is 11.8 Å². The number of amides is 4. The van der Waals surface area contributed by atoms with Crippen LogP contribution in [0.5, 0.6) is 0 Å². The van der Waals surface area contributed by atoms with Crippen LogP contribution in [0, 0.1) is 6.92 Å². The standard InChI is InChI=1S/C37H40N4O4S/c1-25-14-10-11-19-28(25)23-38-34(43)33-37(2,3)46-24-41(33)35(44)32(42)31(22-26-15-6-4-7-16-26)40-36(45)39-30-21-13-12-20-29(30)27-17-8-5-9-18-27/h4-21,31-33,42H,22-24H2,1-3H3,(H,38,43)(H2,39,40,45)/t31-,32-,33+/m0/s1. The van der Waals surface area contributed by atoms with E-state index in [1.165, 1.54) is 16.7 Å². The SMILES string of the molecule is Cc1ccccc1CNC(=O)[C@H]1N(C(=O)[C@@H](O)[C@H](Cc2ccccc2)NC(=O)Nc2ccccc2-c2ccccc2)CSC1(C)C. The number of anilines is 1. The minimum atomic E-state index is -1.60. The number of aliphatic hydroxyl groups is 1. The summed E-state index contributed by atoms with van der Waals surface area (Å²) in [4.78, 5) is 42.5. The fourth-order valence-electron chi connectivity index (χ4n) is 5.74. The van der Waals surface area contributed by atoms with Gasteiger partial charge in [0.2, 0.25) is 5.91 Å². The van der Waals surface area contributed by atoms with Gasteiger partial charge in [0.05, 0.1) is 17.6 Å². The monoisotopic (exact) mass is 636 g/mol. The molecule has 0 spiro atoms. The predicted molar refractivity (Wildman–Crippen MR) is 184 cm³/mol. The molecule has 5 rings (SSSR count). The maximum Gasteiger partial charge on any atom is 0.319 e. The lowest BCUT2D eigenvalue weighted by Gasteiger charge is -2.33. The highest BCUT2D eigenvalue weighted by Gasteiger charge is 2.49. The van der Waals surface area contributed by atoms with Crippen LogP contribution in [0.1, 0.15) is 30.5 Å². The summed E-state index contributed by atoms with van der Waals surface area (Å²) in [5.74, 6) is -0.665. The number of aryl methyl sites for hydroxylation is 1. The number of carbonyl (C=O) groups is 3. The van der Waals surface area contributed by atoms with E-state index in [1.807, 2.05) is 124 Å². The third kappa shape index (κ3) is 7.78. The molecule has 1 saturated heterocycles. The van der Waals surface area contributed by atoms with E-state index in [-0.39, 0.29) is 18.2 Å². The highest BCUT2D eigenvalue weighted by Crippen LogP contribution is 2.40. The summed E-state index contributed by atoms with van der Waals surface area (Å²) >= 11 is 1.48. The molecule has 4 N–H and O–H groups in total. The molecular weight excluding hydrogens is 596 g/mol. The van der Waals surface area contributed by atoms with Gasteiger partial charge in [-0.15, -0.1) is 11.8 Å². The zero-order chi connectivity index (χ0) is 32.7. The third-order valence-electron chi connectivity index (χ3n) is 8.30. The summed E-state index contributed by atoms with van der Waals surface area (Å²) in [6.07, 6.45) is -1.40. The molecule has 46 heavy (non-hydrogen) atoms. The lowest BCUT2D eigenvalue weighted by atomic mass is 9.97. The van der Waals surface area contributed by atoms with Crippen molar-refractivity contribution in [1.82, 2.24) is 15.5 Å². The van der Waals surface area contributed by atoms with Gasteiger partial charge in [-0.1, -0.05) is 103 Å². The maximum atomic E-state index is 14.0. The van der Waals surface area contributed by atoms with Gasteiger partial charge in [-0.05, 0) is 55.5 Å². The molecule has 1 aliphatic rings. The second-order valence-electron chi connectivity index (χ2n) is 12.0. The van der Waals surface area contributed by atoms with Crippen LogP contribution in [-0.2, 0) is 22.6 Å². The summed E-state index contributed by atoms with van der Waals surface area (Å²) in [5.41, 5.74) is 5.26. The van der Waals surface area contributed by atoms with E-state index in [4.69, 9.17) is 0 Å². The lowest BCUT2D eigenvalue weighted by Crippen LogP contribution is -2.59. The number of carbonyl (C=O) groups excluding carboxylic acids is 3. The van der Waals surface area contributed by atoms with Gasteiger partial charge in [-0.25, -0.2) is 4.79 Å². The number of para-hydroxylation sites is 1. The van der Waals surface area contributed by atoms with E-state index in [0.29, 0.717) is 12.2 Å². The zero-order valence-corrected chi connectivity index (χ0v) is 27.1. The Hall–Kier alpha value is -4.60. The molecule has 3 atom stereocenters. The van der Waals surface area contributed by atoms with Crippen LogP contribution in [0.25, 0.3) is 11.1 Å². The summed E-state index contributed by atoms with van der Waals surface area (Å²) in [7, 11) is 0. The number of hydrogen-bond donors (Lipinski definition) is 4. The van der Waals surface area contributed by atoms with Crippen molar-refractivity contribution in [3.63, 3.8) is 0 Å². The molecule has 0 bridgehead atoms. The van der Waals surface area contributed by atoms with Crippen molar-refractivity contribution in [2.75, 3.05) is 11.2 Å². The Kier molecular flexibility index (Phi) is 10.4. The second kappa shape index (κ2) is 14.7. The Morgan fingerprint density at radius 1 is 0.891 bits per heavy atom. The van der Waals surface area contributed by atoms with E-state index in [0.717, 1.165) is 27.8 Å². The van der Waals surface area contributed by atoms with E-state index < -0.39 is 34.9 Å². The number of urea groups is 1. The van der Waals surface area contributed by atoms with Crippen molar-refractivity contribution in [3.8, 4) is 11.1 Å². The number of nitrogens with one attached hydrogen (secondary N) is 3. The molecule has 0 saturated carbocycles. The Morgan fingerprint density at radius 3 is 2.24 bits per heavy atom. The van der Waals surface area contributed by atoms with Crippen LogP contribution in [0.4, 0.5) is 10.5 Å². The smallest absolute Gasteiger partial charge is 0.319 e. The third-order valence-corrected chi connectivity index (χ3v) is 9.68. The Balaban J connectivity index is 1.34. The topological polar surface area (TPSA) is 111 Å². The number of thioether (sulfide) groups is 1. The minimum absolute atomic E-state index is 0.204. The molecule has 4 aromatic rings. The molecule has 4 aromatic carbocycles. The molecule has 0 aliphatic carbocycles. The number of benzene rings is 4. The zero-order valence-electron chi connectivity index (χ0n) is 26.3. The normalized spacial score (nSPS) is 16.7. The summed E-state index contributed by atoms with van der Waals surface area (Å²) in [6, 6.07) is 32.0. The molecule has 8 nitrogen and oxygen atoms in total. The van der Waals surface area contributed by atoms with E-state index in [9.17, 15) is 19.5 Å². The van der Waals surface area contributed by atoms with Crippen molar-refractivity contribution in [2.24, 2.45) is 0 Å². The molecule has 0 radical (unpaired) electrons. The maximum absolute atomic E-state index is 14.0. The molecule has 238 valence electrons. The van der Waals surface area contributed by atoms with E-state index >= 15 is 0 Å². The molecule has 9 heteroatoms. The summed E-state index contributed by atoms with van der Waals surface area (Å²) in [6.45, 7) is 6.16. The molecule has 0 unspecified atom stereocenters. The van der Waals surface area contributed by atoms with Gasteiger partial charge in [0, 0.05) is 16.9 Å². The second-order valence-corrected chi connectivity index (χ2v) is 13.6. The fourth-order valence-corrected chi connectivity index (χ4v) is 6.88. The van der Waals surface area contributed by atoms with Crippen LogP contribution in [0.2, 0.25) is 0 Å². The van der Waals surface area contributed by atoms with Crippen molar-refractivity contribution in [2.45, 2.75) is 56.7 Å². The Bertz CT molecular complexity index is 1660. The minimum Gasteiger partial charge on any atom is -0.381 e. The van der Waals surface area contributed by atoms with Crippen LogP contribution < -0.4 is 16.0 Å². The van der Waals surface area contributed by atoms with Crippen molar-refractivity contribution >= 4 is 35.3 Å². The van der Waals surface area contributed by atoms with Crippen LogP contribution in [0.3, 0.4) is 0 Å². The summed E-state index contributed by atoms with van der Waals surface area (Å²) < 4.78 is -0.591. The van der Waals surface area contributed by atoms with Crippen LogP contribution in [-0.4, -0.2) is 56.7 Å². The van der Waals surface area contributed by atoms with Gasteiger partial charge in [0.15, 0.2) is 6.10 Å². The average molecular weight is 637 g/mol. The van der Waals surface area contributed by atoms with Gasteiger partial charge >= 0.3 is 6.03 Å². The first kappa shape index (κ1) is 32.8.